The Kier molecular flexibility index (Phi) is 4.72. The standard InChI is InChI=1S/C20H18ClNO2/c1-3-24-20(23)18-13-19(15-8-5-4-6-9-15)22(14(18)2)17-11-7-10-16(21)12-17/h4-13H,3H2,1-2H3. The Hall–Kier alpha value is -2.52. The topological polar surface area (TPSA) is 31.2 Å². The number of hydrogen-bond acceptors (Lipinski definition) is 2. The SMILES string of the molecule is CCOC(=O)c1cc(-c2ccccc2)n(-c2cccc(Cl)c2)c1C. The smallest absolute Gasteiger partial charge is 0.339 e. The number of hydrogen-bond donors (Lipinski definition) is 0. The first kappa shape index (κ1) is 16.3. The van der Waals surface area contributed by atoms with Crippen LogP contribution in [-0.4, -0.2) is 17.1 Å². The van der Waals surface area contributed by atoms with Gasteiger partial charge in [-0.1, -0.05) is 48.0 Å². The zero-order valence-corrected chi connectivity index (χ0v) is 14.4. The molecule has 0 aliphatic heterocycles. The molecule has 0 atom stereocenters. The Labute approximate surface area is 146 Å². The van der Waals surface area contributed by atoms with Crippen molar-refractivity contribution in [3.63, 3.8) is 0 Å². The second-order valence-electron chi connectivity index (χ2n) is 5.43. The lowest BCUT2D eigenvalue weighted by Gasteiger charge is -2.12. The van der Waals surface area contributed by atoms with Crippen molar-refractivity contribution in [2.45, 2.75) is 13.8 Å². The van der Waals surface area contributed by atoms with Gasteiger partial charge in [0.2, 0.25) is 0 Å². The molecule has 3 aromatic rings. The molecule has 4 heteroatoms. The summed E-state index contributed by atoms with van der Waals surface area (Å²) in [7, 11) is 0. The minimum absolute atomic E-state index is 0.312. The van der Waals surface area contributed by atoms with Gasteiger partial charge in [0.15, 0.2) is 0 Å². The van der Waals surface area contributed by atoms with Gasteiger partial charge in [-0.15, -0.1) is 0 Å². The molecule has 0 spiro atoms. The van der Waals surface area contributed by atoms with Gasteiger partial charge in [-0.05, 0) is 43.7 Å². The van der Waals surface area contributed by atoms with Crippen LogP contribution in [0.5, 0.6) is 0 Å². The van der Waals surface area contributed by atoms with Crippen LogP contribution in [0.2, 0.25) is 5.02 Å². The van der Waals surface area contributed by atoms with Gasteiger partial charge in [-0.2, -0.15) is 0 Å². The molecule has 2 aromatic carbocycles. The zero-order valence-electron chi connectivity index (χ0n) is 13.6. The Bertz CT molecular complexity index is 869. The molecule has 1 heterocycles. The number of carbonyl (C=O) groups is 1. The molecule has 0 N–H and O–H groups in total. The van der Waals surface area contributed by atoms with E-state index in [2.05, 4.69) is 0 Å². The minimum atomic E-state index is -0.312. The van der Waals surface area contributed by atoms with Crippen LogP contribution < -0.4 is 0 Å². The van der Waals surface area contributed by atoms with Crippen LogP contribution in [0, 0.1) is 6.92 Å². The first-order valence-corrected chi connectivity index (χ1v) is 8.20. The molecule has 0 amide bonds. The minimum Gasteiger partial charge on any atom is -0.462 e. The van der Waals surface area contributed by atoms with E-state index in [1.54, 1.807) is 6.92 Å². The number of ether oxygens (including phenoxy) is 1. The zero-order chi connectivity index (χ0) is 17.1. The molecule has 0 fully saturated rings. The Morgan fingerprint density at radius 3 is 2.50 bits per heavy atom. The molecule has 0 bridgehead atoms. The van der Waals surface area contributed by atoms with Crippen LogP contribution in [0.4, 0.5) is 0 Å². The highest BCUT2D eigenvalue weighted by molar-refractivity contribution is 6.30. The highest BCUT2D eigenvalue weighted by Gasteiger charge is 2.20. The van der Waals surface area contributed by atoms with Gasteiger partial charge >= 0.3 is 5.97 Å². The van der Waals surface area contributed by atoms with Crippen molar-refractivity contribution in [2.24, 2.45) is 0 Å². The van der Waals surface area contributed by atoms with Crippen LogP contribution in [0.15, 0.2) is 60.7 Å². The van der Waals surface area contributed by atoms with Gasteiger partial charge in [0.1, 0.15) is 0 Å². The van der Waals surface area contributed by atoms with Crippen molar-refractivity contribution in [2.75, 3.05) is 6.61 Å². The van der Waals surface area contributed by atoms with Crippen LogP contribution in [-0.2, 0) is 4.74 Å². The fraction of sp³-hybridized carbons (Fsp3) is 0.150. The summed E-state index contributed by atoms with van der Waals surface area (Å²) in [5.41, 5.74) is 4.26. The van der Waals surface area contributed by atoms with E-state index >= 15 is 0 Å². The molecular weight excluding hydrogens is 322 g/mol. The summed E-state index contributed by atoms with van der Waals surface area (Å²) in [6.45, 7) is 4.07. The first-order chi connectivity index (χ1) is 11.6. The molecule has 0 radical (unpaired) electrons. The van der Waals surface area contributed by atoms with Gasteiger partial charge in [0, 0.05) is 16.4 Å². The third kappa shape index (κ3) is 3.08. The van der Waals surface area contributed by atoms with Gasteiger partial charge in [-0.25, -0.2) is 4.79 Å². The molecule has 1 aromatic heterocycles. The maximum absolute atomic E-state index is 12.3. The summed E-state index contributed by atoms with van der Waals surface area (Å²) in [6, 6.07) is 19.4. The Morgan fingerprint density at radius 1 is 1.08 bits per heavy atom. The predicted octanol–water partition coefficient (Wildman–Crippen LogP) is 5.28. The lowest BCUT2D eigenvalue weighted by molar-refractivity contribution is 0.0525. The molecular formula is C20H18ClNO2. The van der Waals surface area contributed by atoms with Crippen molar-refractivity contribution >= 4 is 17.6 Å². The van der Waals surface area contributed by atoms with E-state index in [4.69, 9.17) is 16.3 Å². The summed E-state index contributed by atoms with van der Waals surface area (Å²) < 4.78 is 7.23. The summed E-state index contributed by atoms with van der Waals surface area (Å²) in [4.78, 5) is 12.3. The number of rotatable bonds is 4. The number of esters is 1. The van der Waals surface area contributed by atoms with Crippen molar-refractivity contribution in [3.05, 3.63) is 76.9 Å². The molecule has 3 nitrogen and oxygen atoms in total. The monoisotopic (exact) mass is 339 g/mol. The van der Waals surface area contributed by atoms with Crippen molar-refractivity contribution < 1.29 is 9.53 Å². The molecule has 122 valence electrons. The highest BCUT2D eigenvalue weighted by atomic mass is 35.5. The van der Waals surface area contributed by atoms with Crippen molar-refractivity contribution in [1.82, 2.24) is 4.57 Å². The molecule has 0 unspecified atom stereocenters. The number of benzene rings is 2. The quantitative estimate of drug-likeness (QED) is 0.605. The average molecular weight is 340 g/mol. The van der Waals surface area contributed by atoms with Crippen LogP contribution >= 0.6 is 11.6 Å². The molecule has 24 heavy (non-hydrogen) atoms. The fourth-order valence-electron chi connectivity index (χ4n) is 2.79. The average Bonchev–Trinajstić information content (AvgIpc) is 2.93. The molecule has 0 aliphatic rings. The largest absolute Gasteiger partial charge is 0.462 e. The first-order valence-electron chi connectivity index (χ1n) is 7.82. The lowest BCUT2D eigenvalue weighted by atomic mass is 10.1. The van der Waals surface area contributed by atoms with Gasteiger partial charge in [-0.3, -0.25) is 0 Å². The Balaban J connectivity index is 2.23. The number of aromatic nitrogens is 1. The van der Waals surface area contributed by atoms with Crippen molar-refractivity contribution in [1.29, 1.82) is 0 Å². The fourth-order valence-corrected chi connectivity index (χ4v) is 2.98. The second kappa shape index (κ2) is 6.93. The third-order valence-corrected chi connectivity index (χ3v) is 4.11. The maximum Gasteiger partial charge on any atom is 0.339 e. The van der Waals surface area contributed by atoms with E-state index in [1.165, 1.54) is 0 Å². The van der Waals surface area contributed by atoms with Crippen LogP contribution in [0.1, 0.15) is 23.0 Å². The normalized spacial score (nSPS) is 10.6. The number of carbonyl (C=O) groups excluding carboxylic acids is 1. The summed E-state index contributed by atoms with van der Waals surface area (Å²) >= 11 is 6.16. The van der Waals surface area contributed by atoms with Gasteiger partial charge in [0.25, 0.3) is 0 Å². The second-order valence-corrected chi connectivity index (χ2v) is 5.87. The molecule has 3 rings (SSSR count). The highest BCUT2D eigenvalue weighted by Crippen LogP contribution is 2.30. The predicted molar refractivity (Wildman–Crippen MR) is 96.9 cm³/mol. The van der Waals surface area contributed by atoms with E-state index in [-0.39, 0.29) is 5.97 Å². The number of nitrogens with zero attached hydrogens (tertiary/aromatic N) is 1. The van der Waals surface area contributed by atoms with E-state index in [9.17, 15) is 4.79 Å². The summed E-state index contributed by atoms with van der Waals surface area (Å²) in [5.74, 6) is -0.312. The Morgan fingerprint density at radius 2 is 1.83 bits per heavy atom. The van der Waals surface area contributed by atoms with Crippen molar-refractivity contribution in [3.8, 4) is 16.9 Å². The van der Waals surface area contributed by atoms with Gasteiger partial charge < -0.3 is 9.30 Å². The van der Waals surface area contributed by atoms with Gasteiger partial charge in [0.05, 0.1) is 17.9 Å². The van der Waals surface area contributed by atoms with E-state index in [0.29, 0.717) is 17.2 Å². The summed E-state index contributed by atoms with van der Waals surface area (Å²) in [6.07, 6.45) is 0. The van der Waals surface area contributed by atoms with E-state index < -0.39 is 0 Å². The van der Waals surface area contributed by atoms with E-state index in [1.807, 2.05) is 72.2 Å². The number of halogens is 1. The lowest BCUT2D eigenvalue weighted by Crippen LogP contribution is -2.06. The molecule has 0 saturated heterocycles. The molecule has 0 saturated carbocycles. The van der Waals surface area contributed by atoms with Crippen LogP contribution in [0.25, 0.3) is 16.9 Å². The maximum atomic E-state index is 12.3. The molecule has 0 aliphatic carbocycles. The van der Waals surface area contributed by atoms with E-state index in [0.717, 1.165) is 22.6 Å². The third-order valence-electron chi connectivity index (χ3n) is 3.88. The summed E-state index contributed by atoms with van der Waals surface area (Å²) in [5, 5.41) is 0.650. The van der Waals surface area contributed by atoms with Crippen LogP contribution in [0.3, 0.4) is 0 Å².